The van der Waals surface area contributed by atoms with Crippen molar-refractivity contribution in [2.24, 2.45) is 7.05 Å². The van der Waals surface area contributed by atoms with E-state index in [1.807, 2.05) is 37.8 Å². The Balaban J connectivity index is 2.76. The van der Waals surface area contributed by atoms with E-state index in [2.05, 4.69) is 23.6 Å². The summed E-state index contributed by atoms with van der Waals surface area (Å²) in [6, 6.07) is 0.309. The molecule has 0 saturated carbocycles. The van der Waals surface area contributed by atoms with Crippen LogP contribution in [-0.4, -0.2) is 28.9 Å². The van der Waals surface area contributed by atoms with Crippen LogP contribution in [0.25, 0.3) is 0 Å². The van der Waals surface area contributed by atoms with Crippen molar-refractivity contribution in [3.8, 4) is 0 Å². The number of aromatic nitrogens is 2. The third-order valence-electron chi connectivity index (χ3n) is 1.97. The molecule has 0 aromatic carbocycles. The Morgan fingerprint density at radius 3 is 2.54 bits per heavy atom. The van der Waals surface area contributed by atoms with Gasteiger partial charge in [-0.25, -0.2) is 5.43 Å². The van der Waals surface area contributed by atoms with Crippen molar-refractivity contribution in [1.29, 1.82) is 0 Å². The summed E-state index contributed by atoms with van der Waals surface area (Å²) < 4.78 is 1.85. The molecule has 74 valence electrons. The molecule has 0 amide bonds. The molecular weight excluding hydrogens is 164 g/mol. The Labute approximate surface area is 79.5 Å². The second-order valence-corrected chi connectivity index (χ2v) is 3.59. The van der Waals surface area contributed by atoms with Crippen molar-refractivity contribution in [3.05, 3.63) is 17.5 Å². The lowest BCUT2D eigenvalue weighted by atomic mass is 10.1. The zero-order valence-corrected chi connectivity index (χ0v) is 9.00. The molecule has 0 aliphatic rings. The first-order chi connectivity index (χ1) is 6.00. The summed E-state index contributed by atoms with van der Waals surface area (Å²) in [5.74, 6) is 0. The molecule has 1 N–H and O–H groups in total. The Morgan fingerprint density at radius 1 is 1.54 bits per heavy atom. The zero-order chi connectivity index (χ0) is 10.0. The van der Waals surface area contributed by atoms with Gasteiger partial charge in [0.15, 0.2) is 0 Å². The molecule has 1 aromatic heterocycles. The van der Waals surface area contributed by atoms with E-state index >= 15 is 0 Å². The van der Waals surface area contributed by atoms with Crippen LogP contribution in [0.4, 0.5) is 0 Å². The van der Waals surface area contributed by atoms with Gasteiger partial charge in [-0.05, 0) is 13.8 Å². The quantitative estimate of drug-likeness (QED) is 0.704. The van der Waals surface area contributed by atoms with Gasteiger partial charge in [0.2, 0.25) is 0 Å². The van der Waals surface area contributed by atoms with Crippen LogP contribution in [0, 0.1) is 6.92 Å². The van der Waals surface area contributed by atoms with E-state index in [9.17, 15) is 0 Å². The molecule has 1 rings (SSSR count). The van der Waals surface area contributed by atoms with E-state index < -0.39 is 0 Å². The topological polar surface area (TPSA) is 33.1 Å². The van der Waals surface area contributed by atoms with Crippen LogP contribution in [0.2, 0.25) is 0 Å². The van der Waals surface area contributed by atoms with E-state index in [0.717, 1.165) is 5.69 Å². The average molecular weight is 182 g/mol. The predicted molar refractivity (Wildman–Crippen MR) is 53.2 cm³/mol. The standard InChI is InChI=1S/C9H18N4/c1-7(10-12(3)4)9-6-13(5)11-8(9)2/h6-7,10H,1-5H3. The maximum absolute atomic E-state index is 4.30. The summed E-state index contributed by atoms with van der Waals surface area (Å²) >= 11 is 0. The van der Waals surface area contributed by atoms with Gasteiger partial charge in [-0.1, -0.05) is 0 Å². The molecule has 1 unspecified atom stereocenters. The molecule has 0 fully saturated rings. The van der Waals surface area contributed by atoms with Crippen LogP contribution in [0.15, 0.2) is 6.20 Å². The van der Waals surface area contributed by atoms with Gasteiger partial charge in [-0.15, -0.1) is 0 Å². The van der Waals surface area contributed by atoms with Gasteiger partial charge in [0, 0.05) is 38.9 Å². The van der Waals surface area contributed by atoms with Crippen LogP contribution in [-0.2, 0) is 7.05 Å². The number of hydrazine groups is 1. The molecule has 0 radical (unpaired) electrons. The molecule has 0 aliphatic carbocycles. The fraction of sp³-hybridized carbons (Fsp3) is 0.667. The number of rotatable bonds is 3. The highest BCUT2D eigenvalue weighted by Gasteiger charge is 2.11. The van der Waals surface area contributed by atoms with Gasteiger partial charge in [-0.2, -0.15) is 5.10 Å². The Hall–Kier alpha value is -0.870. The van der Waals surface area contributed by atoms with Gasteiger partial charge in [-0.3, -0.25) is 9.69 Å². The summed E-state index contributed by atoms with van der Waals surface area (Å²) in [7, 11) is 5.92. The van der Waals surface area contributed by atoms with Crippen LogP contribution < -0.4 is 5.43 Å². The molecule has 4 heteroatoms. The molecule has 0 saturated heterocycles. The third kappa shape index (κ3) is 2.54. The second kappa shape index (κ2) is 3.89. The molecule has 13 heavy (non-hydrogen) atoms. The number of aryl methyl sites for hydroxylation is 2. The average Bonchev–Trinajstić information content (AvgIpc) is 2.28. The largest absolute Gasteiger partial charge is 0.275 e. The highest BCUT2D eigenvalue weighted by atomic mass is 15.5. The van der Waals surface area contributed by atoms with Crippen molar-refractivity contribution < 1.29 is 0 Å². The lowest BCUT2D eigenvalue weighted by molar-refractivity contribution is 0.252. The third-order valence-corrected chi connectivity index (χ3v) is 1.97. The minimum atomic E-state index is 0.309. The van der Waals surface area contributed by atoms with Crippen LogP contribution in [0.1, 0.15) is 24.2 Å². The van der Waals surface area contributed by atoms with Gasteiger partial charge in [0.1, 0.15) is 0 Å². The maximum Gasteiger partial charge on any atom is 0.0641 e. The maximum atomic E-state index is 4.30. The number of hydrogen-bond donors (Lipinski definition) is 1. The molecule has 0 aliphatic heterocycles. The van der Waals surface area contributed by atoms with E-state index in [1.165, 1.54) is 5.56 Å². The van der Waals surface area contributed by atoms with Crippen molar-refractivity contribution in [1.82, 2.24) is 20.2 Å². The van der Waals surface area contributed by atoms with Crippen LogP contribution in [0.3, 0.4) is 0 Å². The molecule has 0 bridgehead atoms. The minimum Gasteiger partial charge on any atom is -0.275 e. The number of hydrogen-bond acceptors (Lipinski definition) is 3. The van der Waals surface area contributed by atoms with Gasteiger partial charge in [0.05, 0.1) is 5.69 Å². The Morgan fingerprint density at radius 2 is 2.15 bits per heavy atom. The first-order valence-corrected chi connectivity index (χ1v) is 4.44. The number of nitrogens with one attached hydrogen (secondary N) is 1. The Bertz CT molecular complexity index is 277. The van der Waals surface area contributed by atoms with Crippen LogP contribution >= 0.6 is 0 Å². The molecule has 1 atom stereocenters. The predicted octanol–water partition coefficient (Wildman–Crippen LogP) is 0.856. The Kier molecular flexibility index (Phi) is 3.06. The minimum absolute atomic E-state index is 0.309. The molecule has 1 aromatic rings. The van der Waals surface area contributed by atoms with Crippen molar-refractivity contribution in [3.63, 3.8) is 0 Å². The smallest absolute Gasteiger partial charge is 0.0641 e. The zero-order valence-electron chi connectivity index (χ0n) is 9.00. The van der Waals surface area contributed by atoms with E-state index in [1.54, 1.807) is 0 Å². The van der Waals surface area contributed by atoms with E-state index in [4.69, 9.17) is 0 Å². The summed E-state index contributed by atoms with van der Waals surface area (Å²) in [5, 5.41) is 6.25. The fourth-order valence-electron chi connectivity index (χ4n) is 1.50. The summed E-state index contributed by atoms with van der Waals surface area (Å²) in [6.07, 6.45) is 2.05. The molecule has 4 nitrogen and oxygen atoms in total. The molecule has 0 spiro atoms. The summed E-state index contributed by atoms with van der Waals surface area (Å²) in [4.78, 5) is 0. The van der Waals surface area contributed by atoms with Gasteiger partial charge < -0.3 is 0 Å². The number of nitrogens with zero attached hydrogens (tertiary/aromatic N) is 3. The van der Waals surface area contributed by atoms with E-state index in [0.29, 0.717) is 6.04 Å². The SMILES string of the molecule is Cc1nn(C)cc1C(C)NN(C)C. The summed E-state index contributed by atoms with van der Waals surface area (Å²) in [6.45, 7) is 4.16. The highest BCUT2D eigenvalue weighted by Crippen LogP contribution is 2.14. The van der Waals surface area contributed by atoms with Crippen molar-refractivity contribution >= 4 is 0 Å². The van der Waals surface area contributed by atoms with Crippen LogP contribution in [0.5, 0.6) is 0 Å². The first kappa shape index (κ1) is 10.2. The lowest BCUT2D eigenvalue weighted by Gasteiger charge is -2.18. The van der Waals surface area contributed by atoms with Crippen molar-refractivity contribution in [2.75, 3.05) is 14.1 Å². The van der Waals surface area contributed by atoms with E-state index in [-0.39, 0.29) is 0 Å². The van der Waals surface area contributed by atoms with Gasteiger partial charge in [0.25, 0.3) is 0 Å². The lowest BCUT2D eigenvalue weighted by Crippen LogP contribution is -2.32. The monoisotopic (exact) mass is 182 g/mol. The first-order valence-electron chi connectivity index (χ1n) is 4.44. The second-order valence-electron chi connectivity index (χ2n) is 3.59. The molecule has 1 heterocycles. The fourth-order valence-corrected chi connectivity index (χ4v) is 1.50. The van der Waals surface area contributed by atoms with Crippen molar-refractivity contribution in [2.45, 2.75) is 19.9 Å². The molecular formula is C9H18N4. The summed E-state index contributed by atoms with van der Waals surface area (Å²) in [5.41, 5.74) is 5.63. The normalized spacial score (nSPS) is 13.7. The van der Waals surface area contributed by atoms with Gasteiger partial charge >= 0.3 is 0 Å². The highest BCUT2D eigenvalue weighted by molar-refractivity contribution is 5.18.